The van der Waals surface area contributed by atoms with Crippen LogP contribution in [0.25, 0.3) is 0 Å². The number of nitrogens with two attached hydrogens (primary N) is 1. The molecular weight excluding hydrogens is 458 g/mol. The average molecular weight is 488 g/mol. The van der Waals surface area contributed by atoms with E-state index >= 15 is 0 Å². The van der Waals surface area contributed by atoms with Crippen LogP contribution in [0.5, 0.6) is 0 Å². The minimum absolute atomic E-state index is 0.0648. The standard InChI is InChI=1S/C24H30ClN5O4/c1-2-16-7-9-19(10-8-16)30(24(33)34)15-20-11-18(28-22(31)12-26)14-29(20)23(32)27-13-17-5-3-4-6-21(17)25/h3-10,18,20H,2,11-15,26H2,1H3,(H,27,32)(H,28,31)(H,33,34)/t18-,20+/m1/s1. The Labute approximate surface area is 203 Å². The van der Waals surface area contributed by atoms with Gasteiger partial charge in [0.05, 0.1) is 12.6 Å². The third kappa shape index (κ3) is 6.39. The Bertz CT molecular complexity index is 1020. The molecule has 0 aromatic heterocycles. The highest BCUT2D eigenvalue weighted by molar-refractivity contribution is 6.31. The summed E-state index contributed by atoms with van der Waals surface area (Å²) in [5.41, 5.74) is 7.81. The molecular formula is C24H30ClN5O4. The van der Waals surface area contributed by atoms with E-state index < -0.39 is 12.1 Å². The van der Waals surface area contributed by atoms with Crippen LogP contribution >= 0.6 is 11.6 Å². The second-order valence-corrected chi connectivity index (χ2v) is 8.58. The topological polar surface area (TPSA) is 128 Å². The van der Waals surface area contributed by atoms with E-state index in [1.807, 2.05) is 37.3 Å². The molecule has 34 heavy (non-hydrogen) atoms. The van der Waals surface area contributed by atoms with Gasteiger partial charge in [-0.3, -0.25) is 9.69 Å². The van der Waals surface area contributed by atoms with Gasteiger partial charge in [0.2, 0.25) is 5.91 Å². The molecule has 0 saturated carbocycles. The van der Waals surface area contributed by atoms with Gasteiger partial charge in [-0.25, -0.2) is 9.59 Å². The zero-order chi connectivity index (χ0) is 24.7. The second-order valence-electron chi connectivity index (χ2n) is 8.17. The SMILES string of the molecule is CCc1ccc(N(C[C@@H]2C[C@@H](NC(=O)CN)CN2C(=O)NCc2ccccc2Cl)C(=O)O)cc1. The predicted octanol–water partition coefficient (Wildman–Crippen LogP) is 2.81. The number of carboxylic acid groups (broad SMARTS) is 1. The number of hydrogen-bond donors (Lipinski definition) is 4. The van der Waals surface area contributed by atoms with Gasteiger partial charge < -0.3 is 26.4 Å². The van der Waals surface area contributed by atoms with Crippen molar-refractivity contribution in [3.05, 3.63) is 64.7 Å². The number of carbonyl (C=O) groups is 3. The van der Waals surface area contributed by atoms with Gasteiger partial charge in [-0.2, -0.15) is 0 Å². The number of hydrogen-bond acceptors (Lipinski definition) is 4. The highest BCUT2D eigenvalue weighted by atomic mass is 35.5. The third-order valence-electron chi connectivity index (χ3n) is 5.89. The molecule has 10 heteroatoms. The molecule has 5 N–H and O–H groups in total. The van der Waals surface area contributed by atoms with E-state index in [1.54, 1.807) is 23.1 Å². The van der Waals surface area contributed by atoms with Gasteiger partial charge in [-0.05, 0) is 42.2 Å². The summed E-state index contributed by atoms with van der Waals surface area (Å²) in [4.78, 5) is 39.8. The summed E-state index contributed by atoms with van der Waals surface area (Å²) in [6.07, 6.45) is 0.134. The van der Waals surface area contributed by atoms with Crippen LogP contribution in [0.3, 0.4) is 0 Å². The molecule has 0 aliphatic carbocycles. The fraction of sp³-hybridized carbons (Fsp3) is 0.375. The minimum Gasteiger partial charge on any atom is -0.465 e. The smallest absolute Gasteiger partial charge is 0.411 e. The summed E-state index contributed by atoms with van der Waals surface area (Å²) in [5, 5.41) is 16.1. The van der Waals surface area contributed by atoms with Crippen molar-refractivity contribution < 1.29 is 19.5 Å². The maximum atomic E-state index is 13.1. The molecule has 2 atom stereocenters. The summed E-state index contributed by atoms with van der Waals surface area (Å²) >= 11 is 6.19. The number of rotatable bonds is 8. The quantitative estimate of drug-likeness (QED) is 0.455. The first kappa shape index (κ1) is 25.3. The number of urea groups is 1. The van der Waals surface area contributed by atoms with Crippen molar-refractivity contribution in [3.63, 3.8) is 0 Å². The predicted molar refractivity (Wildman–Crippen MR) is 131 cm³/mol. The Morgan fingerprint density at radius 3 is 2.50 bits per heavy atom. The molecule has 0 unspecified atom stereocenters. The number of nitrogens with zero attached hydrogens (tertiary/aromatic N) is 2. The lowest BCUT2D eigenvalue weighted by Crippen LogP contribution is -2.48. The first-order valence-corrected chi connectivity index (χ1v) is 11.6. The van der Waals surface area contributed by atoms with Crippen molar-refractivity contribution in [2.45, 2.75) is 38.4 Å². The first-order valence-electron chi connectivity index (χ1n) is 11.2. The molecule has 2 aromatic carbocycles. The van der Waals surface area contributed by atoms with E-state index in [9.17, 15) is 19.5 Å². The van der Waals surface area contributed by atoms with Crippen LogP contribution in [0, 0.1) is 0 Å². The number of aryl methyl sites for hydroxylation is 1. The van der Waals surface area contributed by atoms with Crippen LogP contribution in [-0.2, 0) is 17.8 Å². The minimum atomic E-state index is -1.12. The summed E-state index contributed by atoms with van der Waals surface area (Å²) in [6, 6.07) is 13.4. The van der Waals surface area contributed by atoms with E-state index in [1.165, 1.54) is 4.90 Å². The number of benzene rings is 2. The number of halogens is 1. The van der Waals surface area contributed by atoms with Crippen molar-refractivity contribution in [1.29, 1.82) is 0 Å². The van der Waals surface area contributed by atoms with Crippen molar-refractivity contribution in [1.82, 2.24) is 15.5 Å². The van der Waals surface area contributed by atoms with Gasteiger partial charge in [0.25, 0.3) is 0 Å². The van der Waals surface area contributed by atoms with Crippen molar-refractivity contribution >= 4 is 35.3 Å². The zero-order valence-corrected chi connectivity index (χ0v) is 19.8. The highest BCUT2D eigenvalue weighted by Gasteiger charge is 2.38. The van der Waals surface area contributed by atoms with Crippen LogP contribution in [0.4, 0.5) is 15.3 Å². The van der Waals surface area contributed by atoms with E-state index in [0.717, 1.165) is 17.5 Å². The third-order valence-corrected chi connectivity index (χ3v) is 6.26. The maximum absolute atomic E-state index is 13.1. The monoisotopic (exact) mass is 487 g/mol. The molecule has 182 valence electrons. The van der Waals surface area contributed by atoms with Gasteiger partial charge in [-0.1, -0.05) is 48.9 Å². The Morgan fingerprint density at radius 2 is 1.88 bits per heavy atom. The van der Waals surface area contributed by atoms with Gasteiger partial charge in [0.15, 0.2) is 0 Å². The lowest BCUT2D eigenvalue weighted by Gasteiger charge is -2.29. The number of carbonyl (C=O) groups excluding carboxylic acids is 2. The van der Waals surface area contributed by atoms with Crippen LogP contribution in [0.2, 0.25) is 5.02 Å². The van der Waals surface area contributed by atoms with Gasteiger partial charge >= 0.3 is 12.1 Å². The molecule has 0 bridgehead atoms. The van der Waals surface area contributed by atoms with E-state index in [0.29, 0.717) is 17.1 Å². The molecule has 0 spiro atoms. The molecule has 4 amide bonds. The summed E-state index contributed by atoms with van der Waals surface area (Å²) in [7, 11) is 0. The van der Waals surface area contributed by atoms with Crippen LogP contribution in [0.1, 0.15) is 24.5 Å². The van der Waals surface area contributed by atoms with E-state index in [-0.39, 0.29) is 44.2 Å². The first-order chi connectivity index (χ1) is 16.3. The fourth-order valence-electron chi connectivity index (χ4n) is 4.06. The van der Waals surface area contributed by atoms with Gasteiger partial charge in [0.1, 0.15) is 0 Å². The van der Waals surface area contributed by atoms with Crippen LogP contribution in [0.15, 0.2) is 48.5 Å². The average Bonchev–Trinajstić information content (AvgIpc) is 3.23. The molecule has 1 fully saturated rings. The molecule has 3 rings (SSSR count). The second kappa shape index (κ2) is 11.7. The molecule has 2 aromatic rings. The summed E-state index contributed by atoms with van der Waals surface area (Å²) in [6.45, 7) is 2.40. The molecule has 1 aliphatic heterocycles. The van der Waals surface area contributed by atoms with Crippen LogP contribution < -0.4 is 21.3 Å². The van der Waals surface area contributed by atoms with E-state index in [4.69, 9.17) is 17.3 Å². The molecule has 0 radical (unpaired) electrons. The number of likely N-dealkylation sites (tertiary alicyclic amines) is 1. The summed E-state index contributed by atoms with van der Waals surface area (Å²) < 4.78 is 0. The number of nitrogens with one attached hydrogen (secondary N) is 2. The highest BCUT2D eigenvalue weighted by Crippen LogP contribution is 2.24. The van der Waals surface area contributed by atoms with Gasteiger partial charge in [0, 0.05) is 36.4 Å². The molecule has 1 saturated heterocycles. The largest absolute Gasteiger partial charge is 0.465 e. The van der Waals surface area contributed by atoms with Crippen molar-refractivity contribution in [2.24, 2.45) is 5.73 Å². The number of amides is 4. The van der Waals surface area contributed by atoms with Crippen molar-refractivity contribution in [3.8, 4) is 0 Å². The van der Waals surface area contributed by atoms with Crippen molar-refractivity contribution in [2.75, 3.05) is 24.5 Å². The lowest BCUT2D eigenvalue weighted by atomic mass is 10.1. The summed E-state index contributed by atoms with van der Waals surface area (Å²) in [5.74, 6) is -0.327. The van der Waals surface area contributed by atoms with Crippen LogP contribution in [-0.4, -0.2) is 59.8 Å². The Hall–Kier alpha value is -3.30. The maximum Gasteiger partial charge on any atom is 0.411 e. The molecule has 1 heterocycles. The van der Waals surface area contributed by atoms with E-state index in [2.05, 4.69) is 10.6 Å². The Kier molecular flexibility index (Phi) is 8.72. The Morgan fingerprint density at radius 1 is 1.18 bits per heavy atom. The number of anilines is 1. The lowest BCUT2D eigenvalue weighted by molar-refractivity contribution is -0.120. The fourth-order valence-corrected chi connectivity index (χ4v) is 4.26. The Balaban J connectivity index is 1.76. The molecule has 9 nitrogen and oxygen atoms in total. The normalized spacial score (nSPS) is 17.3. The zero-order valence-electron chi connectivity index (χ0n) is 19.0. The van der Waals surface area contributed by atoms with Gasteiger partial charge in [-0.15, -0.1) is 0 Å². The molecule has 1 aliphatic rings.